The first-order chi connectivity index (χ1) is 16.5. The monoisotopic (exact) mass is 486 g/mol. The highest BCUT2D eigenvalue weighted by molar-refractivity contribution is 7.09. The molecule has 1 aliphatic heterocycles. The first kappa shape index (κ1) is 24.0. The topological polar surface area (TPSA) is 70.0 Å². The number of fused-ring (bicyclic) bond motifs is 1. The maximum atomic E-state index is 14.4. The standard InChI is InChI=1S/C25H27FN2O5S/c1-31-18-5-6-20(26)17(14-18)16-27-9-7-21-24(25(30)32-2)22(15-23(29)28(21)11-10-27)33-12-8-19-4-3-13-34-19/h3-6,13-15H,7-12,16H2,1-2H3. The van der Waals surface area contributed by atoms with Crippen molar-refractivity contribution in [2.75, 3.05) is 33.9 Å². The highest BCUT2D eigenvalue weighted by atomic mass is 32.1. The van der Waals surface area contributed by atoms with E-state index in [1.165, 1.54) is 19.2 Å². The second kappa shape index (κ2) is 10.8. The van der Waals surface area contributed by atoms with Gasteiger partial charge >= 0.3 is 5.97 Å². The highest BCUT2D eigenvalue weighted by Crippen LogP contribution is 2.25. The van der Waals surface area contributed by atoms with E-state index in [-0.39, 0.29) is 22.7 Å². The van der Waals surface area contributed by atoms with E-state index in [4.69, 9.17) is 14.2 Å². The number of benzene rings is 1. The van der Waals surface area contributed by atoms with Gasteiger partial charge in [0.1, 0.15) is 22.9 Å². The number of methoxy groups -OCH3 is 2. The van der Waals surface area contributed by atoms with Crippen molar-refractivity contribution in [1.29, 1.82) is 0 Å². The van der Waals surface area contributed by atoms with E-state index in [9.17, 15) is 14.0 Å². The minimum Gasteiger partial charge on any atom is -0.497 e. The number of pyridine rings is 1. The van der Waals surface area contributed by atoms with Crippen LogP contribution in [0.3, 0.4) is 0 Å². The Bertz CT molecular complexity index is 1210. The molecule has 34 heavy (non-hydrogen) atoms. The van der Waals surface area contributed by atoms with Crippen molar-refractivity contribution in [2.45, 2.75) is 25.9 Å². The smallest absolute Gasteiger partial charge is 0.343 e. The molecule has 0 saturated carbocycles. The summed E-state index contributed by atoms with van der Waals surface area (Å²) >= 11 is 1.63. The van der Waals surface area contributed by atoms with Crippen LogP contribution in [0, 0.1) is 5.82 Å². The highest BCUT2D eigenvalue weighted by Gasteiger charge is 2.26. The molecule has 0 bridgehead atoms. The van der Waals surface area contributed by atoms with E-state index in [1.54, 1.807) is 35.1 Å². The summed E-state index contributed by atoms with van der Waals surface area (Å²) in [6.07, 6.45) is 1.10. The van der Waals surface area contributed by atoms with Gasteiger partial charge in [0, 0.05) is 61.2 Å². The van der Waals surface area contributed by atoms with E-state index in [0.717, 1.165) is 4.88 Å². The Morgan fingerprint density at radius 3 is 2.74 bits per heavy atom. The Labute approximate surface area is 201 Å². The zero-order valence-corrected chi connectivity index (χ0v) is 20.0. The molecule has 1 aliphatic rings. The Morgan fingerprint density at radius 2 is 2.00 bits per heavy atom. The summed E-state index contributed by atoms with van der Waals surface area (Å²) in [5, 5.41) is 1.99. The van der Waals surface area contributed by atoms with E-state index in [0.29, 0.717) is 62.6 Å². The van der Waals surface area contributed by atoms with E-state index < -0.39 is 5.97 Å². The fraction of sp³-hybridized carbons (Fsp3) is 0.360. The first-order valence-electron chi connectivity index (χ1n) is 11.0. The molecule has 0 fully saturated rings. The van der Waals surface area contributed by atoms with Crippen LogP contribution in [0.2, 0.25) is 0 Å². The summed E-state index contributed by atoms with van der Waals surface area (Å²) in [7, 11) is 2.86. The lowest BCUT2D eigenvalue weighted by Crippen LogP contribution is -2.29. The molecular formula is C25H27FN2O5S. The summed E-state index contributed by atoms with van der Waals surface area (Å²) in [5.74, 6) is -0.0199. The first-order valence-corrected chi connectivity index (χ1v) is 11.9. The number of thiophene rings is 1. The second-order valence-corrected chi connectivity index (χ2v) is 9.01. The predicted molar refractivity (Wildman–Crippen MR) is 127 cm³/mol. The molecule has 3 aromatic rings. The molecule has 7 nitrogen and oxygen atoms in total. The number of hydrogen-bond acceptors (Lipinski definition) is 7. The van der Waals surface area contributed by atoms with Crippen LogP contribution >= 0.6 is 11.3 Å². The van der Waals surface area contributed by atoms with Crippen molar-refractivity contribution in [1.82, 2.24) is 9.47 Å². The van der Waals surface area contributed by atoms with Crippen LogP contribution in [0.15, 0.2) is 46.6 Å². The van der Waals surface area contributed by atoms with Gasteiger partial charge in [0.05, 0.1) is 20.8 Å². The Morgan fingerprint density at radius 1 is 1.15 bits per heavy atom. The van der Waals surface area contributed by atoms with Crippen LogP contribution in [-0.2, 0) is 30.7 Å². The fourth-order valence-corrected chi connectivity index (χ4v) is 4.83. The average Bonchev–Trinajstić information content (AvgIpc) is 3.27. The zero-order chi connectivity index (χ0) is 24.1. The molecule has 0 N–H and O–H groups in total. The normalized spacial score (nSPS) is 13.7. The van der Waals surface area contributed by atoms with Crippen LogP contribution in [-0.4, -0.2) is 49.4 Å². The van der Waals surface area contributed by atoms with Crippen molar-refractivity contribution < 1.29 is 23.4 Å². The summed E-state index contributed by atoms with van der Waals surface area (Å²) in [6, 6.07) is 10.00. The molecule has 9 heteroatoms. The summed E-state index contributed by atoms with van der Waals surface area (Å²) in [5.41, 5.74) is 1.15. The number of halogens is 1. The molecule has 0 spiro atoms. The lowest BCUT2D eigenvalue weighted by atomic mass is 10.1. The van der Waals surface area contributed by atoms with Crippen molar-refractivity contribution in [3.8, 4) is 11.5 Å². The quantitative estimate of drug-likeness (QED) is 0.454. The van der Waals surface area contributed by atoms with Crippen molar-refractivity contribution in [3.63, 3.8) is 0 Å². The zero-order valence-electron chi connectivity index (χ0n) is 19.2. The van der Waals surface area contributed by atoms with Crippen molar-refractivity contribution >= 4 is 17.3 Å². The van der Waals surface area contributed by atoms with Gasteiger partial charge < -0.3 is 18.8 Å². The molecule has 2 aromatic heterocycles. The summed E-state index contributed by atoms with van der Waals surface area (Å²) in [4.78, 5) is 28.9. The van der Waals surface area contributed by atoms with Crippen LogP contribution in [0.5, 0.6) is 11.5 Å². The molecule has 0 unspecified atom stereocenters. The molecule has 4 rings (SSSR count). The summed E-state index contributed by atoms with van der Waals surface area (Å²) < 4.78 is 32.1. The van der Waals surface area contributed by atoms with Gasteiger partial charge in [0.15, 0.2) is 0 Å². The van der Waals surface area contributed by atoms with E-state index in [2.05, 4.69) is 4.90 Å². The number of nitrogens with zero attached hydrogens (tertiary/aromatic N) is 2. The average molecular weight is 487 g/mol. The van der Waals surface area contributed by atoms with Crippen molar-refractivity contribution in [3.05, 3.63) is 79.6 Å². The second-order valence-electron chi connectivity index (χ2n) is 7.97. The third-order valence-corrected chi connectivity index (χ3v) is 6.84. The molecule has 0 amide bonds. The molecule has 0 radical (unpaired) electrons. The van der Waals surface area contributed by atoms with Gasteiger partial charge in [0.2, 0.25) is 0 Å². The van der Waals surface area contributed by atoms with Crippen LogP contribution < -0.4 is 15.0 Å². The van der Waals surface area contributed by atoms with Gasteiger partial charge in [-0.2, -0.15) is 0 Å². The largest absolute Gasteiger partial charge is 0.497 e. The number of carbonyl (C=O) groups is 1. The third-order valence-electron chi connectivity index (χ3n) is 5.91. The summed E-state index contributed by atoms with van der Waals surface area (Å²) in [6.45, 7) is 2.15. The number of rotatable bonds is 8. The van der Waals surface area contributed by atoms with Crippen LogP contribution in [0.1, 0.15) is 26.5 Å². The van der Waals surface area contributed by atoms with Crippen LogP contribution in [0.25, 0.3) is 0 Å². The minimum absolute atomic E-state index is 0.233. The molecule has 0 aliphatic carbocycles. The predicted octanol–water partition coefficient (Wildman–Crippen LogP) is 3.52. The molecule has 1 aromatic carbocycles. The van der Waals surface area contributed by atoms with Crippen LogP contribution in [0.4, 0.5) is 4.39 Å². The van der Waals surface area contributed by atoms with Gasteiger partial charge in [-0.05, 0) is 29.6 Å². The van der Waals surface area contributed by atoms with E-state index in [1.807, 2.05) is 17.5 Å². The number of hydrogen-bond donors (Lipinski definition) is 0. The maximum Gasteiger partial charge on any atom is 0.343 e. The number of carbonyl (C=O) groups excluding carboxylic acids is 1. The molecule has 0 atom stereocenters. The van der Waals surface area contributed by atoms with Gasteiger partial charge in [-0.15, -0.1) is 11.3 Å². The van der Waals surface area contributed by atoms with E-state index >= 15 is 0 Å². The molecule has 0 saturated heterocycles. The third kappa shape index (κ3) is 5.31. The fourth-order valence-electron chi connectivity index (χ4n) is 4.14. The SMILES string of the molecule is COC(=O)c1c(OCCc2cccs2)cc(=O)n2c1CCN(Cc1cc(OC)ccc1F)CC2. The lowest BCUT2D eigenvalue weighted by Gasteiger charge is -2.20. The number of aromatic nitrogens is 1. The maximum absolute atomic E-state index is 14.4. The van der Waals surface area contributed by atoms with Gasteiger partial charge in [-0.1, -0.05) is 6.07 Å². The molecular weight excluding hydrogens is 459 g/mol. The Kier molecular flexibility index (Phi) is 7.64. The minimum atomic E-state index is -0.540. The van der Waals surface area contributed by atoms with Crippen molar-refractivity contribution in [2.24, 2.45) is 0 Å². The molecule has 3 heterocycles. The number of ether oxygens (including phenoxy) is 3. The van der Waals surface area contributed by atoms with Gasteiger partial charge in [-0.3, -0.25) is 9.69 Å². The number of esters is 1. The Balaban J connectivity index is 1.57. The van der Waals surface area contributed by atoms with Gasteiger partial charge in [0.25, 0.3) is 5.56 Å². The molecule has 180 valence electrons. The Hall–Kier alpha value is -3.17. The van der Waals surface area contributed by atoms with Gasteiger partial charge in [-0.25, -0.2) is 9.18 Å². The lowest BCUT2D eigenvalue weighted by molar-refractivity contribution is 0.0593.